The molecule has 140 valence electrons. The van der Waals surface area contributed by atoms with E-state index in [1.54, 1.807) is 18.2 Å². The lowest BCUT2D eigenvalue weighted by Crippen LogP contribution is -3.61. The van der Waals surface area contributed by atoms with Crippen molar-refractivity contribution >= 4 is 17.8 Å². The van der Waals surface area contributed by atoms with E-state index >= 15 is 0 Å². The molecule has 2 amide bonds. The van der Waals surface area contributed by atoms with Crippen molar-refractivity contribution < 1.29 is 45.2 Å². The first-order valence-electron chi connectivity index (χ1n) is 8.52. The van der Waals surface area contributed by atoms with Gasteiger partial charge in [-0.2, -0.15) is 0 Å². The molecule has 6 nitrogen and oxygen atoms in total. The predicted octanol–water partition coefficient (Wildman–Crippen LogP) is -0.177. The molecule has 0 spiro atoms. The zero-order chi connectivity index (χ0) is 19.4. The second-order valence-corrected chi connectivity index (χ2v) is 9.22. The van der Waals surface area contributed by atoms with Crippen LogP contribution in [0.15, 0.2) is 48.5 Å². The summed E-state index contributed by atoms with van der Waals surface area (Å²) >= 11 is -0.493. The van der Waals surface area contributed by atoms with E-state index in [4.69, 9.17) is 9.57 Å². The van der Waals surface area contributed by atoms with E-state index in [1.165, 1.54) is 3.57 Å². The van der Waals surface area contributed by atoms with Gasteiger partial charge in [-0.25, -0.2) is 4.79 Å². The Morgan fingerprint density at radius 3 is 2.30 bits per heavy atom. The zero-order valence-electron chi connectivity index (χ0n) is 15.0. The maximum Gasteiger partial charge on any atom is 0.364 e. The third-order valence-electron chi connectivity index (χ3n) is 3.64. The minimum Gasteiger partial charge on any atom is -0.491 e. The number of nitrogens with zero attached hydrogens (tertiary/aromatic N) is 1. The quantitative estimate of drug-likeness (QED) is 0.424. The predicted molar refractivity (Wildman–Crippen MR) is 92.5 cm³/mol. The highest BCUT2D eigenvalue weighted by atomic mass is 127. The highest BCUT2D eigenvalue weighted by molar-refractivity contribution is 6.02. The van der Waals surface area contributed by atoms with E-state index in [0.29, 0.717) is 10.6 Å². The van der Waals surface area contributed by atoms with Crippen LogP contribution >= 0.6 is 0 Å². The van der Waals surface area contributed by atoms with Crippen LogP contribution in [0.25, 0.3) is 0 Å². The standard InChI is InChI=1S/C20H19INO5/c1-13(2)26-17-8-6-15(7-9-17)21-16-5-3-4-14(12-16)20(25)27-22-18(23)10-11-19(22)24/h3-9,12-13H,10-11H2,1-2H3/q+1. The average molecular weight is 480 g/mol. The Labute approximate surface area is 167 Å². The van der Waals surface area contributed by atoms with Crippen molar-refractivity contribution in [2.75, 3.05) is 0 Å². The summed E-state index contributed by atoms with van der Waals surface area (Å²) in [7, 11) is 0. The molecule has 0 aliphatic carbocycles. The number of benzene rings is 2. The smallest absolute Gasteiger partial charge is 0.364 e. The zero-order valence-corrected chi connectivity index (χ0v) is 17.1. The summed E-state index contributed by atoms with van der Waals surface area (Å²) in [5.41, 5.74) is 0.319. The van der Waals surface area contributed by atoms with Crippen molar-refractivity contribution in [1.82, 2.24) is 5.06 Å². The van der Waals surface area contributed by atoms with Crippen molar-refractivity contribution in [2.45, 2.75) is 32.8 Å². The van der Waals surface area contributed by atoms with E-state index in [0.717, 1.165) is 9.32 Å². The van der Waals surface area contributed by atoms with Crippen molar-refractivity contribution in [3.63, 3.8) is 0 Å². The molecular weight excluding hydrogens is 461 g/mol. The van der Waals surface area contributed by atoms with Crippen LogP contribution in [0.5, 0.6) is 5.75 Å². The fraction of sp³-hybridized carbons (Fsp3) is 0.250. The molecule has 2 aromatic carbocycles. The Balaban J connectivity index is 1.67. The molecule has 1 aliphatic rings. The number of halogens is 1. The Morgan fingerprint density at radius 2 is 1.67 bits per heavy atom. The van der Waals surface area contributed by atoms with Gasteiger partial charge < -0.3 is 9.57 Å². The molecule has 1 saturated heterocycles. The van der Waals surface area contributed by atoms with E-state index in [1.807, 2.05) is 44.2 Å². The minimum atomic E-state index is -0.704. The van der Waals surface area contributed by atoms with Crippen LogP contribution in [0, 0.1) is 7.14 Å². The number of rotatable bonds is 6. The molecule has 0 aromatic heterocycles. The van der Waals surface area contributed by atoms with Gasteiger partial charge in [-0.3, -0.25) is 9.59 Å². The first-order chi connectivity index (χ1) is 12.9. The summed E-state index contributed by atoms with van der Waals surface area (Å²) in [6.45, 7) is 3.96. The molecule has 0 unspecified atom stereocenters. The molecule has 0 N–H and O–H groups in total. The molecule has 1 fully saturated rings. The van der Waals surface area contributed by atoms with Crippen molar-refractivity contribution in [2.24, 2.45) is 0 Å². The number of hydroxylamine groups is 2. The molecule has 1 aliphatic heterocycles. The molecule has 0 atom stereocenters. The van der Waals surface area contributed by atoms with Gasteiger partial charge in [0.25, 0.3) is 11.8 Å². The van der Waals surface area contributed by atoms with Crippen molar-refractivity contribution in [3.05, 3.63) is 61.2 Å². The van der Waals surface area contributed by atoms with Gasteiger partial charge in [0.15, 0.2) is 7.14 Å². The summed E-state index contributed by atoms with van der Waals surface area (Å²) in [5.74, 6) is -0.846. The van der Waals surface area contributed by atoms with Gasteiger partial charge in [0.1, 0.15) is 5.75 Å². The van der Waals surface area contributed by atoms with Gasteiger partial charge in [-0.1, -0.05) is 6.07 Å². The number of carbonyl (C=O) groups is 3. The van der Waals surface area contributed by atoms with Gasteiger partial charge in [-0.15, -0.1) is 5.06 Å². The number of carbonyl (C=O) groups excluding carboxylic acids is 3. The second-order valence-electron chi connectivity index (χ2n) is 6.19. The minimum absolute atomic E-state index is 0.0775. The molecule has 3 rings (SSSR count). The topological polar surface area (TPSA) is 72.9 Å². The Morgan fingerprint density at radius 1 is 1.00 bits per heavy atom. The lowest BCUT2D eigenvalue weighted by molar-refractivity contribution is -0.597. The lowest BCUT2D eigenvalue weighted by Gasteiger charge is -2.12. The number of ether oxygens (including phenoxy) is 1. The summed E-state index contributed by atoms with van der Waals surface area (Å²) in [4.78, 5) is 40.4. The Hall–Kier alpha value is -2.42. The maximum absolute atomic E-state index is 12.3. The van der Waals surface area contributed by atoms with Crippen LogP contribution < -0.4 is 25.9 Å². The summed E-state index contributed by atoms with van der Waals surface area (Å²) in [5, 5.41) is 0.567. The molecule has 0 saturated carbocycles. The number of amides is 2. The normalized spacial score (nSPS) is 14.0. The Bertz CT molecular complexity index is 847. The van der Waals surface area contributed by atoms with Crippen molar-refractivity contribution in [1.29, 1.82) is 0 Å². The molecular formula is C20H19INO5+. The van der Waals surface area contributed by atoms with E-state index in [9.17, 15) is 14.4 Å². The SMILES string of the molecule is CC(C)Oc1ccc([I+]c2cccc(C(=O)ON3C(=O)CCC3=O)c2)cc1. The summed E-state index contributed by atoms with van der Waals surface area (Å²) < 4.78 is 7.85. The Kier molecular flexibility index (Phi) is 6.10. The fourth-order valence-electron chi connectivity index (χ4n) is 2.44. The largest absolute Gasteiger partial charge is 0.491 e. The highest BCUT2D eigenvalue weighted by Gasteiger charge is 2.33. The van der Waals surface area contributed by atoms with E-state index < -0.39 is 39.0 Å². The molecule has 0 radical (unpaired) electrons. The van der Waals surface area contributed by atoms with Crippen LogP contribution in [0.4, 0.5) is 0 Å². The first kappa shape index (κ1) is 19.3. The first-order valence-corrected chi connectivity index (χ1v) is 10.7. The highest BCUT2D eigenvalue weighted by Crippen LogP contribution is 2.14. The lowest BCUT2D eigenvalue weighted by atomic mass is 10.2. The average Bonchev–Trinajstić information content (AvgIpc) is 2.95. The fourth-order valence-corrected chi connectivity index (χ4v) is 4.76. The molecule has 27 heavy (non-hydrogen) atoms. The van der Waals surface area contributed by atoms with Crippen molar-refractivity contribution in [3.8, 4) is 5.75 Å². The number of hydrogen-bond donors (Lipinski definition) is 0. The van der Waals surface area contributed by atoms with Crippen LogP contribution in [0.3, 0.4) is 0 Å². The summed E-state index contributed by atoms with van der Waals surface area (Å²) in [6, 6.07) is 15.0. The number of imide groups is 1. The van der Waals surface area contributed by atoms with Gasteiger partial charge in [0.2, 0.25) is 0 Å². The van der Waals surface area contributed by atoms with Gasteiger partial charge in [-0.05, 0) is 50.2 Å². The van der Waals surface area contributed by atoms with Gasteiger partial charge in [0.05, 0.1) is 11.7 Å². The van der Waals surface area contributed by atoms with Crippen LogP contribution in [0.2, 0.25) is 0 Å². The molecule has 2 aromatic rings. The molecule has 0 bridgehead atoms. The van der Waals surface area contributed by atoms with Gasteiger partial charge >= 0.3 is 27.2 Å². The van der Waals surface area contributed by atoms with E-state index in [-0.39, 0.29) is 18.9 Å². The third-order valence-corrected chi connectivity index (χ3v) is 6.28. The summed E-state index contributed by atoms with van der Waals surface area (Å²) in [6.07, 6.45) is 0.282. The molecule has 7 heteroatoms. The third kappa shape index (κ3) is 5.06. The monoisotopic (exact) mass is 480 g/mol. The number of hydrogen-bond acceptors (Lipinski definition) is 5. The second kappa shape index (κ2) is 8.51. The maximum atomic E-state index is 12.3. The molecule has 1 heterocycles. The van der Waals surface area contributed by atoms with Crippen LogP contribution in [-0.4, -0.2) is 29.0 Å². The van der Waals surface area contributed by atoms with E-state index in [2.05, 4.69) is 0 Å². The van der Waals surface area contributed by atoms with Gasteiger partial charge in [0, 0.05) is 18.9 Å². The van der Waals surface area contributed by atoms with Crippen LogP contribution in [-0.2, 0) is 14.4 Å². The van der Waals surface area contributed by atoms with Crippen LogP contribution in [0.1, 0.15) is 37.0 Å².